The summed E-state index contributed by atoms with van der Waals surface area (Å²) in [6, 6.07) is 0.302. The van der Waals surface area contributed by atoms with Crippen LogP contribution in [0, 0.1) is 5.92 Å². The number of hydrogen-bond acceptors (Lipinski definition) is 3. The summed E-state index contributed by atoms with van der Waals surface area (Å²) in [4.78, 5) is 13.5. The molecule has 88 valence electrons. The highest BCUT2D eigenvalue weighted by molar-refractivity contribution is 5.78. The molecule has 0 aromatic heterocycles. The van der Waals surface area contributed by atoms with E-state index < -0.39 is 0 Å². The summed E-state index contributed by atoms with van der Waals surface area (Å²) in [5, 5.41) is 3.09. The summed E-state index contributed by atoms with van der Waals surface area (Å²) >= 11 is 0. The summed E-state index contributed by atoms with van der Waals surface area (Å²) in [7, 11) is 3.81. The Morgan fingerprint density at radius 2 is 2.07 bits per heavy atom. The number of nitrogens with zero attached hydrogens (tertiary/aromatic N) is 1. The van der Waals surface area contributed by atoms with Crippen LogP contribution in [-0.2, 0) is 4.79 Å². The van der Waals surface area contributed by atoms with Crippen LogP contribution in [0.4, 0.5) is 0 Å². The van der Waals surface area contributed by atoms with Crippen molar-refractivity contribution in [3.8, 4) is 0 Å². The van der Waals surface area contributed by atoms with E-state index in [1.54, 1.807) is 0 Å². The summed E-state index contributed by atoms with van der Waals surface area (Å²) in [6.07, 6.45) is 4.70. The van der Waals surface area contributed by atoms with Crippen molar-refractivity contribution >= 4 is 5.91 Å². The molecule has 1 aliphatic carbocycles. The minimum absolute atomic E-state index is 0.116. The highest BCUT2D eigenvalue weighted by Crippen LogP contribution is 2.23. The van der Waals surface area contributed by atoms with Crippen molar-refractivity contribution < 1.29 is 4.79 Å². The van der Waals surface area contributed by atoms with E-state index in [4.69, 9.17) is 5.73 Å². The zero-order valence-electron chi connectivity index (χ0n) is 9.83. The molecule has 1 rings (SSSR count). The van der Waals surface area contributed by atoms with Gasteiger partial charge in [0.2, 0.25) is 5.91 Å². The molecule has 0 bridgehead atoms. The molecule has 1 amide bonds. The van der Waals surface area contributed by atoms with E-state index in [1.165, 1.54) is 12.8 Å². The predicted molar refractivity (Wildman–Crippen MR) is 61.5 cm³/mol. The maximum atomic E-state index is 11.6. The lowest BCUT2D eigenvalue weighted by atomic mass is 9.84. The quantitative estimate of drug-likeness (QED) is 0.700. The third kappa shape index (κ3) is 4.18. The predicted octanol–water partition coefficient (Wildman–Crippen LogP) is 0.182. The average Bonchev–Trinajstić information content (AvgIpc) is 2.17. The summed E-state index contributed by atoms with van der Waals surface area (Å²) < 4.78 is 0. The molecule has 0 heterocycles. The van der Waals surface area contributed by atoms with Gasteiger partial charge in [-0.1, -0.05) is 12.8 Å². The van der Waals surface area contributed by atoms with Crippen molar-refractivity contribution in [1.29, 1.82) is 0 Å². The van der Waals surface area contributed by atoms with Crippen LogP contribution in [0.25, 0.3) is 0 Å². The summed E-state index contributed by atoms with van der Waals surface area (Å²) in [6.45, 7) is 1.15. The topological polar surface area (TPSA) is 58.4 Å². The first-order chi connectivity index (χ1) is 7.13. The fourth-order valence-electron chi connectivity index (χ4n) is 2.22. The zero-order chi connectivity index (χ0) is 11.3. The molecule has 0 aromatic carbocycles. The molecule has 1 aliphatic rings. The Labute approximate surface area is 92.2 Å². The molecule has 0 spiro atoms. The lowest BCUT2D eigenvalue weighted by Crippen LogP contribution is -2.47. The van der Waals surface area contributed by atoms with Crippen LogP contribution >= 0.6 is 0 Å². The standard InChI is InChI=1S/C11H23N3O/c1-14(2)8-11(15)13-10-6-4-3-5-9(10)7-12/h9-10H,3-8,12H2,1-2H3,(H,13,15). The van der Waals surface area contributed by atoms with Gasteiger partial charge < -0.3 is 16.0 Å². The maximum Gasteiger partial charge on any atom is 0.234 e. The number of nitrogens with two attached hydrogens (primary N) is 1. The van der Waals surface area contributed by atoms with Crippen LogP contribution in [0.1, 0.15) is 25.7 Å². The third-order valence-electron chi connectivity index (χ3n) is 3.02. The fraction of sp³-hybridized carbons (Fsp3) is 0.909. The Kier molecular flexibility index (Phi) is 5.05. The second kappa shape index (κ2) is 6.08. The number of likely N-dealkylation sites (N-methyl/N-ethyl adjacent to an activating group) is 1. The van der Waals surface area contributed by atoms with E-state index in [0.29, 0.717) is 25.0 Å². The molecule has 15 heavy (non-hydrogen) atoms. The van der Waals surface area contributed by atoms with E-state index in [-0.39, 0.29) is 5.91 Å². The van der Waals surface area contributed by atoms with Gasteiger partial charge in [0.1, 0.15) is 0 Å². The minimum atomic E-state index is 0.116. The smallest absolute Gasteiger partial charge is 0.234 e. The van der Waals surface area contributed by atoms with Crippen molar-refractivity contribution in [3.05, 3.63) is 0 Å². The molecule has 0 saturated heterocycles. The molecule has 4 nitrogen and oxygen atoms in total. The van der Waals surface area contributed by atoms with Gasteiger partial charge in [-0.25, -0.2) is 0 Å². The molecule has 4 heteroatoms. The summed E-state index contributed by atoms with van der Waals surface area (Å²) in [5.74, 6) is 0.593. The Balaban J connectivity index is 2.37. The second-order valence-electron chi connectivity index (χ2n) is 4.69. The molecule has 2 atom stereocenters. The number of rotatable bonds is 4. The first-order valence-corrected chi connectivity index (χ1v) is 5.77. The Morgan fingerprint density at radius 1 is 1.40 bits per heavy atom. The van der Waals surface area contributed by atoms with Crippen molar-refractivity contribution in [2.75, 3.05) is 27.2 Å². The number of nitrogens with one attached hydrogen (secondary N) is 1. The molecule has 1 fully saturated rings. The first-order valence-electron chi connectivity index (χ1n) is 5.77. The maximum absolute atomic E-state index is 11.6. The Hall–Kier alpha value is -0.610. The molecule has 2 unspecified atom stereocenters. The minimum Gasteiger partial charge on any atom is -0.352 e. The second-order valence-corrected chi connectivity index (χ2v) is 4.69. The van der Waals surface area contributed by atoms with E-state index in [9.17, 15) is 4.79 Å². The van der Waals surface area contributed by atoms with Crippen molar-refractivity contribution in [2.24, 2.45) is 11.7 Å². The lowest BCUT2D eigenvalue weighted by Gasteiger charge is -2.31. The number of amides is 1. The van der Waals surface area contributed by atoms with Gasteiger partial charge in [0.15, 0.2) is 0 Å². The molecule has 0 aliphatic heterocycles. The molecular weight excluding hydrogens is 190 g/mol. The van der Waals surface area contributed by atoms with Gasteiger partial charge in [0.05, 0.1) is 6.54 Å². The monoisotopic (exact) mass is 213 g/mol. The zero-order valence-corrected chi connectivity index (χ0v) is 9.83. The molecular formula is C11H23N3O. The van der Waals surface area contributed by atoms with Gasteiger partial charge in [0, 0.05) is 6.04 Å². The van der Waals surface area contributed by atoms with Crippen LogP contribution in [0.5, 0.6) is 0 Å². The van der Waals surface area contributed by atoms with Gasteiger partial charge in [-0.2, -0.15) is 0 Å². The lowest BCUT2D eigenvalue weighted by molar-refractivity contribution is -0.123. The third-order valence-corrected chi connectivity index (χ3v) is 3.02. The van der Waals surface area contributed by atoms with E-state index in [1.807, 2.05) is 19.0 Å². The van der Waals surface area contributed by atoms with Crippen molar-refractivity contribution in [3.63, 3.8) is 0 Å². The normalized spacial score (nSPS) is 26.7. The highest BCUT2D eigenvalue weighted by atomic mass is 16.2. The van der Waals surface area contributed by atoms with Crippen LogP contribution in [0.3, 0.4) is 0 Å². The van der Waals surface area contributed by atoms with Crippen LogP contribution in [-0.4, -0.2) is 44.0 Å². The average molecular weight is 213 g/mol. The van der Waals surface area contributed by atoms with Crippen LogP contribution in [0.15, 0.2) is 0 Å². The molecule has 3 N–H and O–H groups in total. The Morgan fingerprint density at radius 3 is 2.67 bits per heavy atom. The highest BCUT2D eigenvalue weighted by Gasteiger charge is 2.25. The SMILES string of the molecule is CN(C)CC(=O)NC1CCCCC1CN. The molecule has 0 aromatic rings. The van der Waals surface area contributed by atoms with Crippen molar-refractivity contribution in [1.82, 2.24) is 10.2 Å². The van der Waals surface area contributed by atoms with E-state index >= 15 is 0 Å². The number of hydrogen-bond donors (Lipinski definition) is 2. The number of carbonyl (C=O) groups excluding carboxylic acids is 1. The first kappa shape index (κ1) is 12.5. The van der Waals surface area contributed by atoms with Gasteiger partial charge in [-0.15, -0.1) is 0 Å². The Bertz CT molecular complexity index is 206. The van der Waals surface area contributed by atoms with Gasteiger partial charge in [-0.05, 0) is 39.4 Å². The van der Waals surface area contributed by atoms with Crippen LogP contribution in [0.2, 0.25) is 0 Å². The fourth-order valence-corrected chi connectivity index (χ4v) is 2.22. The largest absolute Gasteiger partial charge is 0.352 e. The van der Waals surface area contributed by atoms with Gasteiger partial charge >= 0.3 is 0 Å². The van der Waals surface area contributed by atoms with Gasteiger partial charge in [0.25, 0.3) is 0 Å². The summed E-state index contributed by atoms with van der Waals surface area (Å²) in [5.41, 5.74) is 5.71. The van der Waals surface area contributed by atoms with Gasteiger partial charge in [-0.3, -0.25) is 4.79 Å². The van der Waals surface area contributed by atoms with Crippen LogP contribution < -0.4 is 11.1 Å². The van der Waals surface area contributed by atoms with E-state index in [2.05, 4.69) is 5.32 Å². The van der Waals surface area contributed by atoms with Crippen molar-refractivity contribution in [2.45, 2.75) is 31.7 Å². The number of carbonyl (C=O) groups is 1. The molecule has 1 saturated carbocycles. The molecule has 0 radical (unpaired) electrons. The van der Waals surface area contributed by atoms with E-state index in [0.717, 1.165) is 12.8 Å².